The molecule has 0 saturated carbocycles. The van der Waals surface area contributed by atoms with Gasteiger partial charge in [0.2, 0.25) is 5.88 Å². The molecule has 0 saturated heterocycles. The maximum absolute atomic E-state index is 12.9. The average molecular weight is 283 g/mol. The lowest BCUT2D eigenvalue weighted by Crippen LogP contribution is -2.10. The van der Waals surface area contributed by atoms with Crippen molar-refractivity contribution in [2.45, 2.75) is 13.3 Å². The normalized spacial score (nSPS) is 10.3. The smallest absolute Gasteiger partial charge is 0.224 e. The van der Waals surface area contributed by atoms with Crippen LogP contribution in [0.3, 0.4) is 0 Å². The molecule has 1 aromatic heterocycles. The van der Waals surface area contributed by atoms with Crippen LogP contribution in [-0.2, 0) is 6.42 Å². The van der Waals surface area contributed by atoms with E-state index in [9.17, 15) is 4.39 Å². The zero-order valence-corrected chi connectivity index (χ0v) is 10.9. The molecule has 1 heterocycles. The van der Waals surface area contributed by atoms with Crippen LogP contribution < -0.4 is 16.0 Å². The van der Waals surface area contributed by atoms with Crippen LogP contribution in [0.25, 0.3) is 0 Å². The summed E-state index contributed by atoms with van der Waals surface area (Å²) in [5.41, 5.74) is 2.43. The second kappa shape index (κ2) is 5.81. The standard InChI is InChI=1S/C12H12ClFN4O/c1-2-10-16-11(18-15)6-12(17-10)19-9-4-3-7(14)5-8(9)13/h3-6H,2,15H2,1H3,(H,16,17,18). The summed E-state index contributed by atoms with van der Waals surface area (Å²) in [6.07, 6.45) is 0.628. The molecule has 7 heteroatoms. The van der Waals surface area contributed by atoms with Crippen molar-refractivity contribution in [3.63, 3.8) is 0 Å². The molecular formula is C12H12ClFN4O. The number of nitrogens with two attached hydrogens (primary N) is 1. The number of hydrazine groups is 1. The second-order valence-electron chi connectivity index (χ2n) is 3.68. The average Bonchev–Trinajstić information content (AvgIpc) is 2.41. The van der Waals surface area contributed by atoms with E-state index in [0.29, 0.717) is 23.8 Å². The number of aromatic nitrogens is 2. The van der Waals surface area contributed by atoms with E-state index in [4.69, 9.17) is 22.2 Å². The van der Waals surface area contributed by atoms with Gasteiger partial charge in [0.1, 0.15) is 23.2 Å². The quantitative estimate of drug-likeness (QED) is 0.666. The van der Waals surface area contributed by atoms with E-state index in [0.717, 1.165) is 0 Å². The zero-order valence-electron chi connectivity index (χ0n) is 10.2. The lowest BCUT2D eigenvalue weighted by molar-refractivity contribution is 0.458. The number of aryl methyl sites for hydroxylation is 1. The van der Waals surface area contributed by atoms with Crippen molar-refractivity contribution in [3.8, 4) is 11.6 Å². The van der Waals surface area contributed by atoms with Crippen LogP contribution in [0.15, 0.2) is 24.3 Å². The highest BCUT2D eigenvalue weighted by molar-refractivity contribution is 6.32. The number of ether oxygens (including phenoxy) is 1. The van der Waals surface area contributed by atoms with E-state index in [1.165, 1.54) is 24.3 Å². The van der Waals surface area contributed by atoms with Gasteiger partial charge in [0, 0.05) is 12.5 Å². The third-order valence-corrected chi connectivity index (χ3v) is 2.62. The molecule has 0 bridgehead atoms. The molecule has 5 nitrogen and oxygen atoms in total. The van der Waals surface area contributed by atoms with Crippen LogP contribution in [-0.4, -0.2) is 9.97 Å². The van der Waals surface area contributed by atoms with Crippen molar-refractivity contribution >= 4 is 17.4 Å². The first kappa shape index (κ1) is 13.5. The van der Waals surface area contributed by atoms with Crippen molar-refractivity contribution in [1.29, 1.82) is 0 Å². The van der Waals surface area contributed by atoms with Crippen molar-refractivity contribution in [2.75, 3.05) is 5.43 Å². The number of nitrogens with zero attached hydrogens (tertiary/aromatic N) is 2. The van der Waals surface area contributed by atoms with Gasteiger partial charge in [-0.1, -0.05) is 18.5 Å². The molecule has 0 atom stereocenters. The molecule has 0 radical (unpaired) electrons. The number of nitrogen functional groups attached to an aromatic ring is 1. The van der Waals surface area contributed by atoms with Gasteiger partial charge in [-0.25, -0.2) is 15.2 Å². The zero-order chi connectivity index (χ0) is 13.8. The molecular weight excluding hydrogens is 271 g/mol. The Hall–Kier alpha value is -1.92. The van der Waals surface area contributed by atoms with Gasteiger partial charge in [0.25, 0.3) is 0 Å². The molecule has 0 unspecified atom stereocenters. The highest BCUT2D eigenvalue weighted by atomic mass is 35.5. The Bertz CT molecular complexity index is 572. The molecule has 0 spiro atoms. The fraction of sp³-hybridized carbons (Fsp3) is 0.167. The molecule has 19 heavy (non-hydrogen) atoms. The predicted molar refractivity (Wildman–Crippen MR) is 70.7 cm³/mol. The van der Waals surface area contributed by atoms with Gasteiger partial charge in [0.05, 0.1) is 5.02 Å². The van der Waals surface area contributed by atoms with Gasteiger partial charge in [-0.2, -0.15) is 4.98 Å². The first-order valence-electron chi connectivity index (χ1n) is 5.60. The van der Waals surface area contributed by atoms with Crippen molar-refractivity contribution in [1.82, 2.24) is 9.97 Å². The first-order valence-corrected chi connectivity index (χ1v) is 5.97. The summed E-state index contributed by atoms with van der Waals surface area (Å²) >= 11 is 5.88. The molecule has 3 N–H and O–H groups in total. The van der Waals surface area contributed by atoms with E-state index in [2.05, 4.69) is 15.4 Å². The topological polar surface area (TPSA) is 73.1 Å². The van der Waals surface area contributed by atoms with Crippen LogP contribution in [0.2, 0.25) is 5.02 Å². The molecule has 0 fully saturated rings. The summed E-state index contributed by atoms with van der Waals surface area (Å²) in [6, 6.07) is 5.38. The number of halogens is 2. The van der Waals surface area contributed by atoms with Gasteiger partial charge in [-0.05, 0) is 18.2 Å². The van der Waals surface area contributed by atoms with E-state index >= 15 is 0 Å². The van der Waals surface area contributed by atoms with E-state index in [-0.39, 0.29) is 10.9 Å². The third-order valence-electron chi connectivity index (χ3n) is 2.32. The van der Waals surface area contributed by atoms with Crippen LogP contribution in [0, 0.1) is 5.82 Å². The number of rotatable bonds is 4. The summed E-state index contributed by atoms with van der Waals surface area (Å²) in [7, 11) is 0. The molecule has 0 aliphatic carbocycles. The summed E-state index contributed by atoms with van der Waals surface area (Å²) in [6.45, 7) is 1.91. The Morgan fingerprint density at radius 3 is 2.79 bits per heavy atom. The van der Waals surface area contributed by atoms with E-state index in [1.807, 2.05) is 6.92 Å². The highest BCUT2D eigenvalue weighted by Gasteiger charge is 2.08. The largest absolute Gasteiger partial charge is 0.437 e. The molecule has 100 valence electrons. The minimum atomic E-state index is -0.432. The van der Waals surface area contributed by atoms with Crippen molar-refractivity contribution in [3.05, 3.63) is 40.9 Å². The molecule has 1 aromatic carbocycles. The minimum absolute atomic E-state index is 0.166. The third kappa shape index (κ3) is 3.30. The monoisotopic (exact) mass is 282 g/mol. The fourth-order valence-electron chi connectivity index (χ4n) is 1.43. The number of benzene rings is 1. The van der Waals surface area contributed by atoms with Gasteiger partial charge >= 0.3 is 0 Å². The lowest BCUT2D eigenvalue weighted by atomic mass is 10.3. The van der Waals surface area contributed by atoms with Gasteiger partial charge in [-0.3, -0.25) is 0 Å². The van der Waals surface area contributed by atoms with Gasteiger partial charge in [-0.15, -0.1) is 0 Å². The summed E-state index contributed by atoms with van der Waals surface area (Å²) < 4.78 is 18.4. The molecule has 2 rings (SSSR count). The minimum Gasteiger partial charge on any atom is -0.437 e. The maximum atomic E-state index is 12.9. The lowest BCUT2D eigenvalue weighted by Gasteiger charge is -2.09. The molecule has 2 aromatic rings. The fourth-order valence-corrected chi connectivity index (χ4v) is 1.63. The number of nitrogens with one attached hydrogen (secondary N) is 1. The predicted octanol–water partition coefficient (Wildman–Crippen LogP) is 2.91. The van der Waals surface area contributed by atoms with Crippen LogP contribution in [0.5, 0.6) is 11.6 Å². The van der Waals surface area contributed by atoms with Crippen LogP contribution in [0.4, 0.5) is 10.2 Å². The second-order valence-corrected chi connectivity index (χ2v) is 4.09. The van der Waals surface area contributed by atoms with Gasteiger partial charge < -0.3 is 10.2 Å². The van der Waals surface area contributed by atoms with Gasteiger partial charge in [0.15, 0.2) is 0 Å². The van der Waals surface area contributed by atoms with Crippen molar-refractivity contribution < 1.29 is 9.13 Å². The molecule has 0 amide bonds. The van der Waals surface area contributed by atoms with E-state index in [1.54, 1.807) is 0 Å². The number of hydrogen-bond acceptors (Lipinski definition) is 5. The Balaban J connectivity index is 2.31. The molecule has 0 aliphatic heterocycles. The Morgan fingerprint density at radius 1 is 1.37 bits per heavy atom. The number of hydrogen-bond donors (Lipinski definition) is 2. The Kier molecular flexibility index (Phi) is 4.13. The van der Waals surface area contributed by atoms with Crippen molar-refractivity contribution in [2.24, 2.45) is 5.84 Å². The summed E-state index contributed by atoms with van der Waals surface area (Å²) in [5, 5.41) is 0.166. The first-order chi connectivity index (χ1) is 9.12. The SMILES string of the molecule is CCc1nc(NN)cc(Oc2ccc(F)cc2Cl)n1. The highest BCUT2D eigenvalue weighted by Crippen LogP contribution is 2.29. The molecule has 0 aliphatic rings. The number of anilines is 1. The Labute approximate surface area is 114 Å². The Morgan fingerprint density at radius 2 is 2.16 bits per heavy atom. The summed E-state index contributed by atoms with van der Waals surface area (Å²) in [5.74, 6) is 6.48. The van der Waals surface area contributed by atoms with Crippen LogP contribution >= 0.6 is 11.6 Å². The maximum Gasteiger partial charge on any atom is 0.224 e. The van der Waals surface area contributed by atoms with E-state index < -0.39 is 5.82 Å². The van der Waals surface area contributed by atoms with Crippen LogP contribution in [0.1, 0.15) is 12.7 Å². The summed E-state index contributed by atoms with van der Waals surface area (Å²) in [4.78, 5) is 8.31.